The Morgan fingerprint density at radius 2 is 1.42 bits per heavy atom. The lowest BCUT2D eigenvalue weighted by Gasteiger charge is -2.09. The first-order valence-corrected chi connectivity index (χ1v) is 8.94. The van der Waals surface area contributed by atoms with E-state index in [0.717, 1.165) is 51.1 Å². The summed E-state index contributed by atoms with van der Waals surface area (Å²) in [6.45, 7) is 19.1. The number of rotatable bonds is 10. The molecule has 0 spiro atoms. The SMILES string of the molecule is CC(C)=CCCC(C)=CC=O.CCOC(C)OCC.CCOCC. The summed E-state index contributed by atoms with van der Waals surface area (Å²) in [6, 6.07) is 0. The van der Waals surface area contributed by atoms with Gasteiger partial charge in [0.05, 0.1) is 0 Å². The lowest BCUT2D eigenvalue weighted by Crippen LogP contribution is -2.11. The lowest BCUT2D eigenvalue weighted by molar-refractivity contribution is -0.123. The summed E-state index contributed by atoms with van der Waals surface area (Å²) in [6.07, 6.45) is 6.64. The van der Waals surface area contributed by atoms with Gasteiger partial charge in [-0.3, -0.25) is 4.79 Å². The predicted molar refractivity (Wildman–Crippen MR) is 103 cm³/mol. The topological polar surface area (TPSA) is 44.8 Å². The third-order valence-electron chi connectivity index (χ3n) is 2.65. The first-order chi connectivity index (χ1) is 11.4. The van der Waals surface area contributed by atoms with Crippen LogP contribution in [0.5, 0.6) is 0 Å². The Balaban J connectivity index is -0.000000298. The Hall–Kier alpha value is -0.970. The average molecular weight is 345 g/mol. The molecule has 0 rings (SSSR count). The lowest BCUT2D eigenvalue weighted by atomic mass is 10.1. The van der Waals surface area contributed by atoms with Gasteiger partial charge in [-0.25, -0.2) is 0 Å². The normalized spacial score (nSPS) is 10.3. The van der Waals surface area contributed by atoms with Crippen LogP contribution in [0.3, 0.4) is 0 Å². The van der Waals surface area contributed by atoms with Gasteiger partial charge in [0.2, 0.25) is 0 Å². The summed E-state index contributed by atoms with van der Waals surface area (Å²) < 4.78 is 15.0. The monoisotopic (exact) mass is 344 g/mol. The zero-order valence-corrected chi connectivity index (χ0v) is 17.2. The summed E-state index contributed by atoms with van der Waals surface area (Å²) in [4.78, 5) is 10.0. The van der Waals surface area contributed by atoms with E-state index >= 15 is 0 Å². The molecule has 0 aliphatic carbocycles. The van der Waals surface area contributed by atoms with Crippen LogP contribution in [0.1, 0.15) is 68.2 Å². The van der Waals surface area contributed by atoms with E-state index in [0.29, 0.717) is 0 Å². The van der Waals surface area contributed by atoms with Crippen molar-refractivity contribution in [1.82, 2.24) is 0 Å². The van der Waals surface area contributed by atoms with Gasteiger partial charge >= 0.3 is 0 Å². The van der Waals surface area contributed by atoms with E-state index in [9.17, 15) is 4.79 Å². The summed E-state index contributed by atoms with van der Waals surface area (Å²) in [7, 11) is 0. The highest BCUT2D eigenvalue weighted by Gasteiger charge is 1.94. The summed E-state index contributed by atoms with van der Waals surface area (Å²) in [5.74, 6) is 0. The number of carbonyl (C=O) groups excluding carboxylic acids is 1. The van der Waals surface area contributed by atoms with Gasteiger partial charge in [0.15, 0.2) is 6.29 Å². The molecule has 0 aromatic rings. The third-order valence-corrected chi connectivity index (χ3v) is 2.65. The maximum absolute atomic E-state index is 10.0. The molecule has 0 N–H and O–H groups in total. The van der Waals surface area contributed by atoms with E-state index in [4.69, 9.17) is 14.2 Å². The average Bonchev–Trinajstić information content (AvgIpc) is 2.50. The van der Waals surface area contributed by atoms with Gasteiger partial charge in [0, 0.05) is 26.4 Å². The summed E-state index contributed by atoms with van der Waals surface area (Å²) in [5.41, 5.74) is 2.49. The molecule has 24 heavy (non-hydrogen) atoms. The van der Waals surface area contributed by atoms with Crippen molar-refractivity contribution in [2.75, 3.05) is 26.4 Å². The van der Waals surface area contributed by atoms with Crippen molar-refractivity contribution in [3.05, 3.63) is 23.3 Å². The van der Waals surface area contributed by atoms with Gasteiger partial charge < -0.3 is 14.2 Å². The molecule has 0 saturated carbocycles. The highest BCUT2D eigenvalue weighted by atomic mass is 16.7. The minimum Gasteiger partial charge on any atom is -0.382 e. The maximum atomic E-state index is 10.0. The minimum absolute atomic E-state index is 0.0370. The number of aldehydes is 1. The van der Waals surface area contributed by atoms with Crippen molar-refractivity contribution in [1.29, 1.82) is 0 Å². The Morgan fingerprint density at radius 1 is 0.917 bits per heavy atom. The first-order valence-electron chi connectivity index (χ1n) is 8.94. The van der Waals surface area contributed by atoms with Crippen LogP contribution in [0.2, 0.25) is 0 Å². The van der Waals surface area contributed by atoms with Crippen LogP contribution in [0, 0.1) is 0 Å². The molecular formula is C20H40O4. The van der Waals surface area contributed by atoms with Crippen LogP contribution in [0.15, 0.2) is 23.3 Å². The zero-order chi connectivity index (χ0) is 19.2. The molecule has 0 bridgehead atoms. The second-order valence-electron chi connectivity index (χ2n) is 5.23. The second-order valence-corrected chi connectivity index (χ2v) is 5.23. The Kier molecular flexibility index (Phi) is 28.2. The van der Waals surface area contributed by atoms with Crippen molar-refractivity contribution >= 4 is 6.29 Å². The molecule has 0 saturated heterocycles. The molecule has 0 amide bonds. The van der Waals surface area contributed by atoms with Gasteiger partial charge in [-0.2, -0.15) is 0 Å². The predicted octanol–water partition coefficient (Wildman–Crippen LogP) is 5.33. The van der Waals surface area contributed by atoms with Gasteiger partial charge in [0.25, 0.3) is 0 Å². The fraction of sp³-hybridized carbons (Fsp3) is 0.750. The molecule has 0 aliphatic rings. The first kappa shape index (κ1) is 27.9. The van der Waals surface area contributed by atoms with E-state index in [2.05, 4.69) is 19.9 Å². The molecule has 4 nitrogen and oxygen atoms in total. The standard InChI is InChI=1S/C10H16O.C6H14O2.C4H10O/c1-9(2)5-4-6-10(3)7-8-11;1-4-7-6(3)8-5-2;1-3-5-4-2/h5,7-8H,4,6H2,1-3H3;6H,4-5H2,1-3H3;3-4H2,1-2H3. The van der Waals surface area contributed by atoms with E-state index in [-0.39, 0.29) is 6.29 Å². The molecular weight excluding hydrogens is 304 g/mol. The second kappa shape index (κ2) is 24.3. The largest absolute Gasteiger partial charge is 0.382 e. The van der Waals surface area contributed by atoms with Crippen molar-refractivity contribution in [2.24, 2.45) is 0 Å². The van der Waals surface area contributed by atoms with Crippen LogP contribution < -0.4 is 0 Å². The van der Waals surface area contributed by atoms with E-state index in [1.807, 2.05) is 41.5 Å². The molecule has 4 heteroatoms. The molecule has 0 fully saturated rings. The number of ether oxygens (including phenoxy) is 3. The van der Waals surface area contributed by atoms with Crippen molar-refractivity contribution in [2.45, 2.75) is 74.5 Å². The van der Waals surface area contributed by atoms with Crippen molar-refractivity contribution in [3.63, 3.8) is 0 Å². The summed E-state index contributed by atoms with van der Waals surface area (Å²) in [5, 5.41) is 0. The number of carbonyl (C=O) groups is 1. The number of hydrogen-bond donors (Lipinski definition) is 0. The molecule has 0 aromatic heterocycles. The molecule has 0 atom stereocenters. The quantitative estimate of drug-likeness (QED) is 0.233. The smallest absolute Gasteiger partial charge is 0.154 e. The highest BCUT2D eigenvalue weighted by Crippen LogP contribution is 2.05. The van der Waals surface area contributed by atoms with E-state index < -0.39 is 0 Å². The minimum atomic E-state index is -0.0370. The molecule has 144 valence electrons. The van der Waals surface area contributed by atoms with Crippen LogP contribution in [-0.4, -0.2) is 39.0 Å². The van der Waals surface area contributed by atoms with Gasteiger partial charge in [0.1, 0.15) is 6.29 Å². The van der Waals surface area contributed by atoms with Crippen LogP contribution in [0.4, 0.5) is 0 Å². The third kappa shape index (κ3) is 32.8. The zero-order valence-electron chi connectivity index (χ0n) is 17.2. The van der Waals surface area contributed by atoms with Crippen molar-refractivity contribution in [3.8, 4) is 0 Å². The fourth-order valence-corrected chi connectivity index (χ4v) is 1.51. The van der Waals surface area contributed by atoms with Crippen molar-refractivity contribution < 1.29 is 19.0 Å². The molecule has 0 heterocycles. The van der Waals surface area contributed by atoms with Crippen LogP contribution in [-0.2, 0) is 19.0 Å². The number of allylic oxidation sites excluding steroid dienone is 4. The van der Waals surface area contributed by atoms with Crippen LogP contribution in [0.25, 0.3) is 0 Å². The van der Waals surface area contributed by atoms with E-state index in [1.54, 1.807) is 6.08 Å². The number of hydrogen-bond acceptors (Lipinski definition) is 4. The van der Waals surface area contributed by atoms with Gasteiger partial charge in [-0.1, -0.05) is 17.2 Å². The van der Waals surface area contributed by atoms with E-state index in [1.165, 1.54) is 5.57 Å². The Morgan fingerprint density at radius 3 is 1.71 bits per heavy atom. The molecule has 0 aromatic carbocycles. The van der Waals surface area contributed by atoms with Gasteiger partial charge in [-0.15, -0.1) is 0 Å². The van der Waals surface area contributed by atoms with Crippen LogP contribution >= 0.6 is 0 Å². The molecule has 0 unspecified atom stereocenters. The molecule has 0 aliphatic heterocycles. The Labute approximate surface area is 150 Å². The van der Waals surface area contributed by atoms with Gasteiger partial charge in [-0.05, 0) is 74.3 Å². The Bertz CT molecular complexity index is 297. The molecule has 0 radical (unpaired) electrons. The summed E-state index contributed by atoms with van der Waals surface area (Å²) >= 11 is 0. The highest BCUT2D eigenvalue weighted by molar-refractivity contribution is 5.65. The maximum Gasteiger partial charge on any atom is 0.154 e. The fourth-order valence-electron chi connectivity index (χ4n) is 1.51.